The van der Waals surface area contributed by atoms with Gasteiger partial charge in [0.25, 0.3) is 5.91 Å². The van der Waals surface area contributed by atoms with Gasteiger partial charge in [-0.05, 0) is 57.5 Å². The molecule has 3 rings (SSSR count). The van der Waals surface area contributed by atoms with Crippen molar-refractivity contribution in [3.8, 4) is 17.2 Å². The van der Waals surface area contributed by atoms with Crippen LogP contribution in [-0.4, -0.2) is 49.7 Å². The second-order valence-electron chi connectivity index (χ2n) is 7.33. The number of hydrogen-bond acceptors (Lipinski definition) is 5. The summed E-state index contributed by atoms with van der Waals surface area (Å²) in [4.78, 5) is 29.0. The second kappa shape index (κ2) is 11.2. The van der Waals surface area contributed by atoms with Crippen molar-refractivity contribution >= 4 is 29.1 Å². The van der Waals surface area contributed by atoms with Crippen LogP contribution in [-0.2, 0) is 4.79 Å². The monoisotopic (exact) mass is 478 g/mol. The molecule has 1 heterocycles. The molecule has 0 unspecified atom stereocenters. The molecule has 1 aliphatic rings. The van der Waals surface area contributed by atoms with Crippen LogP contribution in [0.4, 0.5) is 10.1 Å². The molecule has 0 aromatic heterocycles. The predicted molar refractivity (Wildman–Crippen MR) is 124 cm³/mol. The quantitative estimate of drug-likeness (QED) is 0.485. The van der Waals surface area contributed by atoms with Gasteiger partial charge in [-0.2, -0.15) is 0 Å². The molecule has 1 fully saturated rings. The van der Waals surface area contributed by atoms with Crippen LogP contribution in [0.15, 0.2) is 30.3 Å². The van der Waals surface area contributed by atoms with Crippen LogP contribution in [0.5, 0.6) is 17.2 Å². The fourth-order valence-electron chi connectivity index (χ4n) is 3.61. The van der Waals surface area contributed by atoms with Crippen molar-refractivity contribution in [2.45, 2.75) is 33.6 Å². The Hall–Kier alpha value is -3.00. The lowest BCUT2D eigenvalue weighted by atomic mass is 10.1. The molecule has 0 radical (unpaired) electrons. The van der Waals surface area contributed by atoms with Crippen molar-refractivity contribution in [2.75, 3.05) is 37.9 Å². The zero-order valence-corrected chi connectivity index (χ0v) is 19.8. The van der Waals surface area contributed by atoms with E-state index in [0.29, 0.717) is 55.7 Å². The second-order valence-corrected chi connectivity index (χ2v) is 7.74. The van der Waals surface area contributed by atoms with Crippen LogP contribution in [0.3, 0.4) is 0 Å². The van der Waals surface area contributed by atoms with Gasteiger partial charge in [-0.15, -0.1) is 0 Å². The first-order valence-electron chi connectivity index (χ1n) is 11.0. The normalized spacial score (nSPS) is 13.2. The van der Waals surface area contributed by atoms with E-state index in [1.54, 1.807) is 17.0 Å². The Labute approximate surface area is 198 Å². The average molecular weight is 479 g/mol. The Morgan fingerprint density at radius 2 is 1.70 bits per heavy atom. The lowest BCUT2D eigenvalue weighted by molar-refractivity contribution is -0.127. The number of nitrogens with zero attached hydrogens (tertiary/aromatic N) is 2. The van der Waals surface area contributed by atoms with Gasteiger partial charge in [-0.25, -0.2) is 4.39 Å². The number of amides is 2. The van der Waals surface area contributed by atoms with Crippen molar-refractivity contribution in [3.05, 3.63) is 46.7 Å². The summed E-state index contributed by atoms with van der Waals surface area (Å²) in [5.41, 5.74) is 0.647. The predicted octanol–water partition coefficient (Wildman–Crippen LogP) is 4.90. The van der Waals surface area contributed by atoms with E-state index < -0.39 is 11.7 Å². The number of likely N-dealkylation sites (tertiary alicyclic amines) is 1. The van der Waals surface area contributed by atoms with Crippen LogP contribution in [0.1, 0.15) is 44.0 Å². The summed E-state index contributed by atoms with van der Waals surface area (Å²) in [5, 5.41) is -0.116. The summed E-state index contributed by atoms with van der Waals surface area (Å²) in [5.74, 6) is 0.123. The highest BCUT2D eigenvalue weighted by molar-refractivity contribution is 6.31. The SMILES string of the molecule is CCOc1cc(C(=O)N(CN2CCCC2=O)c2ccc(F)c(Cl)c2)cc(OCC)c1OCC. The number of hydrogen-bond donors (Lipinski definition) is 0. The molecule has 2 aromatic rings. The highest BCUT2D eigenvalue weighted by Gasteiger charge is 2.28. The number of benzene rings is 2. The molecule has 1 saturated heterocycles. The van der Waals surface area contributed by atoms with E-state index in [1.807, 2.05) is 20.8 Å². The Morgan fingerprint density at radius 3 is 2.21 bits per heavy atom. The Bertz CT molecular complexity index is 989. The van der Waals surface area contributed by atoms with Gasteiger partial charge in [0.2, 0.25) is 11.7 Å². The van der Waals surface area contributed by atoms with E-state index in [1.165, 1.54) is 23.1 Å². The lowest BCUT2D eigenvalue weighted by Crippen LogP contribution is -2.42. The molecular formula is C24H28ClFN2O5. The molecule has 1 aliphatic heterocycles. The number of carbonyl (C=O) groups is 2. The summed E-state index contributed by atoms with van der Waals surface area (Å²) >= 11 is 5.99. The molecule has 7 nitrogen and oxygen atoms in total. The van der Waals surface area contributed by atoms with E-state index in [-0.39, 0.29) is 23.2 Å². The maximum Gasteiger partial charge on any atom is 0.260 e. The standard InChI is InChI=1S/C24H28ClFN2O5/c1-4-31-20-12-16(13-21(32-5-2)23(20)33-6-3)24(30)28(15-27-11-7-8-22(27)29)17-9-10-19(26)18(25)14-17/h9-10,12-14H,4-8,11,15H2,1-3H3. The first-order valence-corrected chi connectivity index (χ1v) is 11.4. The molecule has 0 aliphatic carbocycles. The Morgan fingerprint density at radius 1 is 1.06 bits per heavy atom. The molecular weight excluding hydrogens is 451 g/mol. The van der Waals surface area contributed by atoms with Gasteiger partial charge in [0.05, 0.1) is 24.8 Å². The maximum absolute atomic E-state index is 13.8. The number of ether oxygens (including phenoxy) is 3. The number of anilines is 1. The highest BCUT2D eigenvalue weighted by Crippen LogP contribution is 2.40. The van der Waals surface area contributed by atoms with Gasteiger partial charge >= 0.3 is 0 Å². The number of halogens is 2. The molecule has 0 spiro atoms. The third-order valence-electron chi connectivity index (χ3n) is 5.10. The molecule has 2 amide bonds. The van der Waals surface area contributed by atoms with Crippen molar-refractivity contribution < 1.29 is 28.2 Å². The maximum atomic E-state index is 13.8. The Balaban J connectivity index is 2.06. The van der Waals surface area contributed by atoms with E-state index in [2.05, 4.69) is 0 Å². The van der Waals surface area contributed by atoms with Crippen LogP contribution in [0.25, 0.3) is 0 Å². The Kier molecular flexibility index (Phi) is 8.38. The summed E-state index contributed by atoms with van der Waals surface area (Å²) in [7, 11) is 0. The minimum Gasteiger partial charge on any atom is -0.490 e. The molecule has 33 heavy (non-hydrogen) atoms. The van der Waals surface area contributed by atoms with Crippen molar-refractivity contribution in [1.29, 1.82) is 0 Å². The van der Waals surface area contributed by atoms with Gasteiger partial charge in [-0.1, -0.05) is 11.6 Å². The zero-order valence-electron chi connectivity index (χ0n) is 19.0. The molecule has 0 saturated carbocycles. The summed E-state index contributed by atoms with van der Waals surface area (Å²) in [6.45, 7) is 7.18. The van der Waals surface area contributed by atoms with Crippen LogP contribution >= 0.6 is 11.6 Å². The molecule has 178 valence electrons. The van der Waals surface area contributed by atoms with Gasteiger partial charge in [0.15, 0.2) is 11.5 Å². The van der Waals surface area contributed by atoms with Gasteiger partial charge in [-0.3, -0.25) is 14.5 Å². The summed E-state index contributed by atoms with van der Waals surface area (Å²) in [6, 6.07) is 7.20. The third-order valence-corrected chi connectivity index (χ3v) is 5.39. The van der Waals surface area contributed by atoms with Crippen molar-refractivity contribution in [2.24, 2.45) is 0 Å². The molecule has 2 aromatic carbocycles. The third kappa shape index (κ3) is 5.68. The topological polar surface area (TPSA) is 68.3 Å². The van der Waals surface area contributed by atoms with Crippen molar-refractivity contribution in [1.82, 2.24) is 4.90 Å². The largest absolute Gasteiger partial charge is 0.490 e. The minimum atomic E-state index is -0.594. The fraction of sp³-hybridized carbons (Fsp3) is 0.417. The number of rotatable bonds is 10. The highest BCUT2D eigenvalue weighted by atomic mass is 35.5. The van der Waals surface area contributed by atoms with E-state index in [0.717, 1.165) is 6.42 Å². The van der Waals surface area contributed by atoms with E-state index >= 15 is 0 Å². The van der Waals surface area contributed by atoms with Crippen molar-refractivity contribution in [3.63, 3.8) is 0 Å². The smallest absolute Gasteiger partial charge is 0.260 e. The van der Waals surface area contributed by atoms with Crippen LogP contribution in [0, 0.1) is 5.82 Å². The lowest BCUT2D eigenvalue weighted by Gasteiger charge is -2.29. The number of carbonyl (C=O) groups excluding carboxylic acids is 2. The first-order chi connectivity index (χ1) is 15.9. The van der Waals surface area contributed by atoms with E-state index in [9.17, 15) is 14.0 Å². The molecule has 9 heteroatoms. The molecule has 0 N–H and O–H groups in total. The first kappa shape index (κ1) is 24.6. The molecule has 0 bridgehead atoms. The zero-order chi connectivity index (χ0) is 24.0. The summed E-state index contributed by atoms with van der Waals surface area (Å²) in [6.07, 6.45) is 1.15. The fourth-order valence-corrected chi connectivity index (χ4v) is 3.78. The van der Waals surface area contributed by atoms with E-state index in [4.69, 9.17) is 25.8 Å². The van der Waals surface area contributed by atoms with Gasteiger partial charge < -0.3 is 19.1 Å². The molecule has 0 atom stereocenters. The van der Waals surface area contributed by atoms with Crippen LogP contribution < -0.4 is 19.1 Å². The van der Waals surface area contributed by atoms with Gasteiger partial charge in [0, 0.05) is 24.2 Å². The minimum absolute atomic E-state index is 0.0147. The van der Waals surface area contributed by atoms with Crippen LogP contribution in [0.2, 0.25) is 5.02 Å². The average Bonchev–Trinajstić information content (AvgIpc) is 3.20. The summed E-state index contributed by atoms with van der Waals surface area (Å²) < 4.78 is 31.0. The van der Waals surface area contributed by atoms with Gasteiger partial charge in [0.1, 0.15) is 12.5 Å².